The van der Waals surface area contributed by atoms with Crippen LogP contribution in [0.5, 0.6) is 0 Å². The van der Waals surface area contributed by atoms with E-state index in [1.165, 1.54) is 43.6 Å². The largest absolute Gasteiger partial charge is 0.358 e. The van der Waals surface area contributed by atoms with Gasteiger partial charge < -0.3 is 5.32 Å². The molecule has 0 aliphatic heterocycles. The van der Waals surface area contributed by atoms with Gasteiger partial charge in [0.2, 0.25) is 5.13 Å². The van der Waals surface area contributed by atoms with Gasteiger partial charge in [0.15, 0.2) is 0 Å². The van der Waals surface area contributed by atoms with Crippen molar-refractivity contribution in [3.63, 3.8) is 0 Å². The Morgan fingerprint density at radius 3 is 2.71 bits per heavy atom. The lowest BCUT2D eigenvalue weighted by atomic mass is 10.0. The maximum Gasteiger partial charge on any atom is 0.202 e. The maximum absolute atomic E-state index is 4.55. The van der Waals surface area contributed by atoms with Crippen LogP contribution in [0.3, 0.4) is 0 Å². The van der Waals surface area contributed by atoms with E-state index < -0.39 is 0 Å². The van der Waals surface area contributed by atoms with Crippen LogP contribution in [0, 0.1) is 5.92 Å². The predicted molar refractivity (Wildman–Crippen MR) is 73.7 cm³/mol. The number of aromatic nitrogens is 2. The van der Waals surface area contributed by atoms with E-state index >= 15 is 0 Å². The molecule has 4 heteroatoms. The minimum Gasteiger partial charge on any atom is -0.358 e. The van der Waals surface area contributed by atoms with Gasteiger partial charge in [0.25, 0.3) is 0 Å². The molecule has 3 nitrogen and oxygen atoms in total. The van der Waals surface area contributed by atoms with Crippen molar-refractivity contribution in [1.82, 2.24) is 9.36 Å². The standard InChI is InChI=1S/C13H23N3S/c1-9(2)5-4-6-10(3)14-13-15-12(16-17-13)11-7-8-11/h9-11H,4-8H2,1-3H3,(H,14,15,16). The molecule has 0 amide bonds. The minimum atomic E-state index is 0.508. The third kappa shape index (κ3) is 4.26. The molecule has 1 heterocycles. The first-order chi connectivity index (χ1) is 8.15. The van der Waals surface area contributed by atoms with E-state index in [1.807, 2.05) is 0 Å². The highest BCUT2D eigenvalue weighted by atomic mass is 32.1. The smallest absolute Gasteiger partial charge is 0.202 e. The van der Waals surface area contributed by atoms with Crippen LogP contribution in [0.4, 0.5) is 5.13 Å². The van der Waals surface area contributed by atoms with E-state index in [2.05, 4.69) is 35.4 Å². The Labute approximate surface area is 108 Å². The van der Waals surface area contributed by atoms with Crippen LogP contribution < -0.4 is 5.32 Å². The summed E-state index contributed by atoms with van der Waals surface area (Å²) in [6.45, 7) is 6.80. The van der Waals surface area contributed by atoms with E-state index in [0.29, 0.717) is 12.0 Å². The third-order valence-corrected chi connectivity index (χ3v) is 3.83. The molecule has 1 aromatic heterocycles. The van der Waals surface area contributed by atoms with Crippen molar-refractivity contribution in [2.24, 2.45) is 5.92 Å². The Balaban J connectivity index is 1.71. The summed E-state index contributed by atoms with van der Waals surface area (Å²) in [5.41, 5.74) is 0. The topological polar surface area (TPSA) is 37.8 Å². The van der Waals surface area contributed by atoms with Crippen molar-refractivity contribution in [2.45, 2.75) is 64.8 Å². The molecule has 2 rings (SSSR count). The van der Waals surface area contributed by atoms with Crippen LogP contribution in [-0.4, -0.2) is 15.4 Å². The number of nitrogens with zero attached hydrogens (tertiary/aromatic N) is 2. The van der Waals surface area contributed by atoms with Gasteiger partial charge in [0.1, 0.15) is 5.82 Å². The molecule has 96 valence electrons. The average molecular weight is 253 g/mol. The first-order valence-corrected chi connectivity index (χ1v) is 7.52. The van der Waals surface area contributed by atoms with Gasteiger partial charge in [0, 0.05) is 23.5 Å². The van der Waals surface area contributed by atoms with Gasteiger partial charge in [-0.1, -0.05) is 26.7 Å². The number of anilines is 1. The van der Waals surface area contributed by atoms with Crippen LogP contribution >= 0.6 is 11.5 Å². The molecule has 1 aromatic rings. The SMILES string of the molecule is CC(C)CCCC(C)Nc1nc(C2CC2)ns1. The molecule has 1 unspecified atom stereocenters. The fraction of sp³-hybridized carbons (Fsp3) is 0.846. The van der Waals surface area contributed by atoms with Crippen LogP contribution in [0.1, 0.15) is 64.6 Å². The van der Waals surface area contributed by atoms with Gasteiger partial charge in [-0.3, -0.25) is 0 Å². The molecule has 1 saturated carbocycles. The second-order valence-corrected chi connectivity index (χ2v) is 6.35. The second kappa shape index (κ2) is 5.80. The number of hydrogen-bond donors (Lipinski definition) is 1. The monoisotopic (exact) mass is 253 g/mol. The van der Waals surface area contributed by atoms with Crippen molar-refractivity contribution >= 4 is 16.7 Å². The zero-order valence-electron chi connectivity index (χ0n) is 11.1. The Morgan fingerprint density at radius 1 is 1.29 bits per heavy atom. The maximum atomic E-state index is 4.55. The first kappa shape index (κ1) is 12.8. The molecular formula is C13H23N3S. The Hall–Kier alpha value is -0.640. The lowest BCUT2D eigenvalue weighted by Gasteiger charge is -2.12. The molecule has 17 heavy (non-hydrogen) atoms. The Bertz CT molecular complexity index is 344. The Morgan fingerprint density at radius 2 is 2.06 bits per heavy atom. The quantitative estimate of drug-likeness (QED) is 0.797. The van der Waals surface area contributed by atoms with Crippen molar-refractivity contribution in [3.8, 4) is 0 Å². The van der Waals surface area contributed by atoms with Gasteiger partial charge in [-0.2, -0.15) is 4.37 Å². The molecule has 1 aliphatic carbocycles. The van der Waals surface area contributed by atoms with Gasteiger partial charge in [-0.15, -0.1) is 0 Å². The summed E-state index contributed by atoms with van der Waals surface area (Å²) in [7, 11) is 0. The van der Waals surface area contributed by atoms with Gasteiger partial charge >= 0.3 is 0 Å². The van der Waals surface area contributed by atoms with E-state index in [1.54, 1.807) is 0 Å². The molecule has 0 bridgehead atoms. The van der Waals surface area contributed by atoms with Crippen LogP contribution in [0.25, 0.3) is 0 Å². The third-order valence-electron chi connectivity index (χ3n) is 3.17. The summed E-state index contributed by atoms with van der Waals surface area (Å²) in [5.74, 6) is 2.54. The average Bonchev–Trinajstić information content (AvgIpc) is 3.00. The summed E-state index contributed by atoms with van der Waals surface area (Å²) in [6, 6.07) is 0.508. The molecule has 0 radical (unpaired) electrons. The summed E-state index contributed by atoms with van der Waals surface area (Å²) in [5, 5.41) is 4.47. The van der Waals surface area contributed by atoms with Crippen molar-refractivity contribution < 1.29 is 0 Å². The number of rotatable bonds is 7. The van der Waals surface area contributed by atoms with Gasteiger partial charge in [0.05, 0.1) is 0 Å². The van der Waals surface area contributed by atoms with Crippen molar-refractivity contribution in [2.75, 3.05) is 5.32 Å². The van der Waals surface area contributed by atoms with Crippen LogP contribution in [0.2, 0.25) is 0 Å². The van der Waals surface area contributed by atoms with Crippen molar-refractivity contribution in [1.29, 1.82) is 0 Å². The summed E-state index contributed by atoms with van der Waals surface area (Å²) >= 11 is 1.51. The normalized spacial score (nSPS) is 17.4. The van der Waals surface area contributed by atoms with Crippen LogP contribution in [-0.2, 0) is 0 Å². The molecule has 1 atom stereocenters. The van der Waals surface area contributed by atoms with Gasteiger partial charge in [-0.25, -0.2) is 4.98 Å². The molecule has 1 fully saturated rings. The summed E-state index contributed by atoms with van der Waals surface area (Å²) in [4.78, 5) is 4.55. The highest BCUT2D eigenvalue weighted by Crippen LogP contribution is 2.39. The Kier molecular flexibility index (Phi) is 4.37. The molecule has 1 N–H and O–H groups in total. The fourth-order valence-electron chi connectivity index (χ4n) is 1.92. The molecular weight excluding hydrogens is 230 g/mol. The van der Waals surface area contributed by atoms with E-state index in [4.69, 9.17) is 0 Å². The lowest BCUT2D eigenvalue weighted by molar-refractivity contribution is 0.520. The first-order valence-electron chi connectivity index (χ1n) is 6.75. The second-order valence-electron chi connectivity index (χ2n) is 5.60. The summed E-state index contributed by atoms with van der Waals surface area (Å²) < 4.78 is 4.41. The predicted octanol–water partition coefficient (Wildman–Crippen LogP) is 4.04. The molecule has 1 aliphatic rings. The molecule has 0 saturated heterocycles. The van der Waals surface area contributed by atoms with E-state index in [9.17, 15) is 0 Å². The molecule has 0 spiro atoms. The van der Waals surface area contributed by atoms with E-state index in [0.717, 1.165) is 16.9 Å². The zero-order valence-corrected chi connectivity index (χ0v) is 11.9. The lowest BCUT2D eigenvalue weighted by Crippen LogP contribution is -2.15. The fourth-order valence-corrected chi connectivity index (χ4v) is 2.67. The highest BCUT2D eigenvalue weighted by Gasteiger charge is 2.27. The zero-order chi connectivity index (χ0) is 12.3. The number of hydrogen-bond acceptors (Lipinski definition) is 4. The van der Waals surface area contributed by atoms with E-state index in [-0.39, 0.29) is 0 Å². The highest BCUT2D eigenvalue weighted by molar-refractivity contribution is 7.09. The van der Waals surface area contributed by atoms with Gasteiger partial charge in [-0.05, 0) is 32.1 Å². The minimum absolute atomic E-state index is 0.508. The van der Waals surface area contributed by atoms with Crippen LogP contribution in [0.15, 0.2) is 0 Å². The van der Waals surface area contributed by atoms with Crippen molar-refractivity contribution in [3.05, 3.63) is 5.82 Å². The number of nitrogens with one attached hydrogen (secondary N) is 1. The summed E-state index contributed by atoms with van der Waals surface area (Å²) in [6.07, 6.45) is 6.38. The molecule has 0 aromatic carbocycles.